The van der Waals surface area contributed by atoms with Gasteiger partial charge in [0.2, 0.25) is 5.88 Å². The van der Waals surface area contributed by atoms with Crippen molar-refractivity contribution in [3.8, 4) is 11.9 Å². The number of hydrogen-bond acceptors (Lipinski definition) is 4. The van der Waals surface area contributed by atoms with E-state index in [0.717, 1.165) is 6.54 Å². The Bertz CT molecular complexity index is 378. The average molecular weight is 208 g/mol. The van der Waals surface area contributed by atoms with E-state index in [9.17, 15) is 0 Å². The molecule has 5 nitrogen and oxygen atoms in total. The van der Waals surface area contributed by atoms with Gasteiger partial charge in [0.05, 0.1) is 5.69 Å². The van der Waals surface area contributed by atoms with E-state index in [0.29, 0.717) is 17.1 Å². The SMILES string of the molecule is CNCC(C)Oc1c(C#N)c(C)nn1C. The minimum absolute atomic E-state index is 0.0110. The third kappa shape index (κ3) is 2.48. The first-order chi connectivity index (χ1) is 7.10. The summed E-state index contributed by atoms with van der Waals surface area (Å²) >= 11 is 0. The molecule has 5 heteroatoms. The second-order valence-electron chi connectivity index (χ2n) is 3.49. The summed E-state index contributed by atoms with van der Waals surface area (Å²) < 4.78 is 7.24. The first kappa shape index (κ1) is 11.5. The Kier molecular flexibility index (Phi) is 3.69. The minimum atomic E-state index is 0.0110. The zero-order valence-corrected chi connectivity index (χ0v) is 9.53. The van der Waals surface area contributed by atoms with Crippen LogP contribution < -0.4 is 10.1 Å². The van der Waals surface area contributed by atoms with E-state index in [-0.39, 0.29) is 6.10 Å². The highest BCUT2D eigenvalue weighted by atomic mass is 16.5. The van der Waals surface area contributed by atoms with Gasteiger partial charge in [-0.2, -0.15) is 10.4 Å². The van der Waals surface area contributed by atoms with Gasteiger partial charge in [-0.05, 0) is 20.9 Å². The highest BCUT2D eigenvalue weighted by molar-refractivity contribution is 5.42. The quantitative estimate of drug-likeness (QED) is 0.786. The Balaban J connectivity index is 2.89. The van der Waals surface area contributed by atoms with Crippen molar-refractivity contribution in [3.63, 3.8) is 0 Å². The molecule has 82 valence electrons. The van der Waals surface area contributed by atoms with E-state index in [1.165, 1.54) is 0 Å². The van der Waals surface area contributed by atoms with Gasteiger partial charge in [0.15, 0.2) is 0 Å². The lowest BCUT2D eigenvalue weighted by Gasteiger charge is -2.13. The van der Waals surface area contributed by atoms with E-state index in [1.807, 2.05) is 14.0 Å². The number of aromatic nitrogens is 2. The summed E-state index contributed by atoms with van der Waals surface area (Å²) in [6, 6.07) is 2.10. The molecule has 0 radical (unpaired) electrons. The Morgan fingerprint density at radius 3 is 2.87 bits per heavy atom. The third-order valence-corrected chi connectivity index (χ3v) is 2.09. The average Bonchev–Trinajstić information content (AvgIpc) is 2.42. The van der Waals surface area contributed by atoms with E-state index < -0.39 is 0 Å². The molecular weight excluding hydrogens is 192 g/mol. The molecule has 0 saturated heterocycles. The van der Waals surface area contributed by atoms with Crippen LogP contribution in [0.2, 0.25) is 0 Å². The van der Waals surface area contributed by atoms with Crippen LogP contribution in [0.25, 0.3) is 0 Å². The van der Waals surface area contributed by atoms with Crippen molar-refractivity contribution in [1.82, 2.24) is 15.1 Å². The molecule has 1 rings (SSSR count). The van der Waals surface area contributed by atoms with Crippen molar-refractivity contribution in [1.29, 1.82) is 5.26 Å². The normalized spacial score (nSPS) is 12.2. The van der Waals surface area contributed by atoms with Crippen molar-refractivity contribution < 1.29 is 4.74 Å². The van der Waals surface area contributed by atoms with Crippen molar-refractivity contribution in [2.45, 2.75) is 20.0 Å². The lowest BCUT2D eigenvalue weighted by atomic mass is 10.3. The molecule has 0 aromatic carbocycles. The number of nitriles is 1. The molecule has 0 fully saturated rings. The van der Waals surface area contributed by atoms with Crippen molar-refractivity contribution in [2.75, 3.05) is 13.6 Å². The Labute approximate surface area is 89.6 Å². The van der Waals surface area contributed by atoms with E-state index in [1.54, 1.807) is 18.7 Å². The number of hydrogen-bond donors (Lipinski definition) is 1. The van der Waals surface area contributed by atoms with Crippen LogP contribution in [0.4, 0.5) is 0 Å². The van der Waals surface area contributed by atoms with Crippen LogP contribution in [0.3, 0.4) is 0 Å². The lowest BCUT2D eigenvalue weighted by molar-refractivity contribution is 0.201. The van der Waals surface area contributed by atoms with Gasteiger partial charge in [0.25, 0.3) is 0 Å². The Morgan fingerprint density at radius 2 is 2.33 bits per heavy atom. The fraction of sp³-hybridized carbons (Fsp3) is 0.600. The number of nitrogens with one attached hydrogen (secondary N) is 1. The molecule has 1 N–H and O–H groups in total. The summed E-state index contributed by atoms with van der Waals surface area (Å²) in [5.74, 6) is 0.540. The Morgan fingerprint density at radius 1 is 1.67 bits per heavy atom. The first-order valence-electron chi connectivity index (χ1n) is 4.85. The van der Waals surface area contributed by atoms with E-state index in [2.05, 4.69) is 16.5 Å². The summed E-state index contributed by atoms with van der Waals surface area (Å²) in [6.45, 7) is 4.48. The maximum Gasteiger partial charge on any atom is 0.230 e. The first-order valence-corrected chi connectivity index (χ1v) is 4.85. The van der Waals surface area contributed by atoms with Crippen LogP contribution in [-0.2, 0) is 7.05 Å². The van der Waals surface area contributed by atoms with Crippen LogP contribution in [0.1, 0.15) is 18.2 Å². The van der Waals surface area contributed by atoms with Crippen LogP contribution in [-0.4, -0.2) is 29.5 Å². The van der Waals surface area contributed by atoms with Gasteiger partial charge >= 0.3 is 0 Å². The summed E-state index contributed by atoms with van der Waals surface area (Å²) in [6.07, 6.45) is 0.0110. The predicted octanol–water partition coefficient (Wildman–Crippen LogP) is 0.587. The molecule has 0 amide bonds. The summed E-state index contributed by atoms with van der Waals surface area (Å²) in [5, 5.41) is 16.1. The van der Waals surface area contributed by atoms with Crippen LogP contribution in [0.5, 0.6) is 5.88 Å². The molecule has 1 aromatic rings. The summed E-state index contributed by atoms with van der Waals surface area (Å²) in [4.78, 5) is 0. The highest BCUT2D eigenvalue weighted by Crippen LogP contribution is 2.20. The van der Waals surface area contributed by atoms with Gasteiger partial charge in [0, 0.05) is 13.6 Å². The standard InChI is InChI=1S/C10H16N4O/c1-7(6-12-3)15-10-9(5-11)8(2)13-14(10)4/h7,12H,6H2,1-4H3. The van der Waals surface area contributed by atoms with Crippen LogP contribution in [0, 0.1) is 18.3 Å². The molecule has 1 atom stereocenters. The molecule has 1 aromatic heterocycles. The molecule has 0 aliphatic rings. The number of nitrogens with zero attached hydrogens (tertiary/aromatic N) is 3. The molecule has 0 spiro atoms. The third-order valence-electron chi connectivity index (χ3n) is 2.09. The van der Waals surface area contributed by atoms with Crippen LogP contribution in [0.15, 0.2) is 0 Å². The van der Waals surface area contributed by atoms with Crippen LogP contribution >= 0.6 is 0 Å². The van der Waals surface area contributed by atoms with Gasteiger partial charge < -0.3 is 10.1 Å². The van der Waals surface area contributed by atoms with Gasteiger partial charge in [-0.25, -0.2) is 4.68 Å². The smallest absolute Gasteiger partial charge is 0.230 e. The number of ether oxygens (including phenoxy) is 1. The molecule has 0 saturated carbocycles. The highest BCUT2D eigenvalue weighted by Gasteiger charge is 2.16. The summed E-state index contributed by atoms with van der Waals surface area (Å²) in [5.41, 5.74) is 1.21. The fourth-order valence-electron chi connectivity index (χ4n) is 1.42. The molecule has 1 unspecified atom stereocenters. The molecule has 15 heavy (non-hydrogen) atoms. The maximum absolute atomic E-state index is 8.96. The molecule has 1 heterocycles. The summed E-state index contributed by atoms with van der Waals surface area (Å²) in [7, 11) is 3.63. The van der Waals surface area contributed by atoms with Crippen molar-refractivity contribution >= 4 is 0 Å². The second kappa shape index (κ2) is 4.80. The molecule has 0 aliphatic carbocycles. The monoisotopic (exact) mass is 208 g/mol. The number of likely N-dealkylation sites (N-methyl/N-ethyl adjacent to an activating group) is 1. The van der Waals surface area contributed by atoms with E-state index in [4.69, 9.17) is 10.00 Å². The van der Waals surface area contributed by atoms with Crippen molar-refractivity contribution in [3.05, 3.63) is 11.3 Å². The predicted molar refractivity (Wildman–Crippen MR) is 56.7 cm³/mol. The zero-order chi connectivity index (χ0) is 11.4. The molecular formula is C10H16N4O. The number of aryl methyl sites for hydroxylation is 2. The lowest BCUT2D eigenvalue weighted by Crippen LogP contribution is -2.27. The van der Waals surface area contributed by atoms with E-state index >= 15 is 0 Å². The minimum Gasteiger partial charge on any atom is -0.473 e. The van der Waals surface area contributed by atoms with Gasteiger partial charge in [0.1, 0.15) is 17.7 Å². The second-order valence-corrected chi connectivity index (χ2v) is 3.49. The Hall–Kier alpha value is -1.54. The topological polar surface area (TPSA) is 62.9 Å². The van der Waals surface area contributed by atoms with Gasteiger partial charge in [-0.1, -0.05) is 0 Å². The molecule has 0 aliphatic heterocycles. The maximum atomic E-state index is 8.96. The van der Waals surface area contributed by atoms with Crippen molar-refractivity contribution in [2.24, 2.45) is 7.05 Å². The van der Waals surface area contributed by atoms with Gasteiger partial charge in [-0.15, -0.1) is 0 Å². The zero-order valence-electron chi connectivity index (χ0n) is 9.53. The molecule has 0 bridgehead atoms. The largest absolute Gasteiger partial charge is 0.473 e. The fourth-order valence-corrected chi connectivity index (χ4v) is 1.42. The number of rotatable bonds is 4. The van der Waals surface area contributed by atoms with Gasteiger partial charge in [-0.3, -0.25) is 0 Å².